The van der Waals surface area contributed by atoms with Crippen molar-refractivity contribution >= 4 is 16.7 Å². The summed E-state index contributed by atoms with van der Waals surface area (Å²) < 4.78 is 0. The Balaban J connectivity index is 0.00000364. The Morgan fingerprint density at radius 1 is 0.889 bits per heavy atom. The second-order valence-electron chi connectivity index (χ2n) is 7.49. The summed E-state index contributed by atoms with van der Waals surface area (Å²) in [5.74, 6) is -1.05. The van der Waals surface area contributed by atoms with Crippen LogP contribution in [0.15, 0.2) is 30.3 Å². The highest BCUT2D eigenvalue weighted by atomic mass is 16.4. The van der Waals surface area contributed by atoms with Crippen LogP contribution in [0.3, 0.4) is 0 Å². The first kappa shape index (κ1) is 23.2. The molecule has 0 bridgehead atoms. The van der Waals surface area contributed by atoms with E-state index in [4.69, 9.17) is 0 Å². The minimum absolute atomic E-state index is 0. The molecule has 0 aromatic heterocycles. The SMILES string of the molecule is CCCCCCCCCCCCc1c(C)cc2ccccc2c1C(=O)[O-].[NH4+]. The maximum Gasteiger partial charge on any atom is 0.0724 e. The molecule has 0 spiro atoms. The number of hydrogen-bond acceptors (Lipinski definition) is 2. The van der Waals surface area contributed by atoms with E-state index in [9.17, 15) is 9.90 Å². The lowest BCUT2D eigenvalue weighted by molar-refractivity contribution is -0.254. The van der Waals surface area contributed by atoms with Gasteiger partial charge in [0.05, 0.1) is 5.97 Å². The molecule has 27 heavy (non-hydrogen) atoms. The highest BCUT2D eigenvalue weighted by Crippen LogP contribution is 2.27. The fourth-order valence-corrected chi connectivity index (χ4v) is 3.88. The van der Waals surface area contributed by atoms with Gasteiger partial charge in [-0.25, -0.2) is 0 Å². The molecule has 2 aromatic rings. The fraction of sp³-hybridized carbons (Fsp3) is 0.542. The van der Waals surface area contributed by atoms with Gasteiger partial charge in [-0.1, -0.05) is 95.0 Å². The summed E-state index contributed by atoms with van der Waals surface area (Å²) in [7, 11) is 0. The molecule has 4 N–H and O–H groups in total. The summed E-state index contributed by atoms with van der Waals surface area (Å²) in [6, 6.07) is 9.81. The highest BCUT2D eigenvalue weighted by Gasteiger charge is 2.11. The normalized spacial score (nSPS) is 10.7. The molecule has 0 aliphatic rings. The zero-order valence-electron chi connectivity index (χ0n) is 17.5. The zero-order valence-corrected chi connectivity index (χ0v) is 17.5. The molecule has 0 aliphatic carbocycles. The Kier molecular flexibility index (Phi) is 10.7. The predicted molar refractivity (Wildman–Crippen MR) is 115 cm³/mol. The number of carbonyl (C=O) groups excluding carboxylic acids is 1. The lowest BCUT2D eigenvalue weighted by Crippen LogP contribution is -2.24. The molecule has 0 saturated heterocycles. The Morgan fingerprint density at radius 3 is 2.04 bits per heavy atom. The number of carboxylic acid groups (broad SMARTS) is 1. The molecule has 0 atom stereocenters. The standard InChI is InChI=1S/C24H34O2.H3N/c1-3-4-5-6-7-8-9-10-11-12-16-21-19(2)18-20-15-13-14-17-22(20)23(21)24(25)26;/h13-15,17-18H,3-12,16H2,1-2H3,(H,25,26);1H3. The van der Waals surface area contributed by atoms with Crippen LogP contribution >= 0.6 is 0 Å². The van der Waals surface area contributed by atoms with E-state index in [2.05, 4.69) is 13.0 Å². The third-order valence-corrected chi connectivity index (χ3v) is 5.36. The molecule has 0 saturated carbocycles. The van der Waals surface area contributed by atoms with Gasteiger partial charge >= 0.3 is 0 Å². The van der Waals surface area contributed by atoms with E-state index in [1.807, 2.05) is 31.2 Å². The fourth-order valence-electron chi connectivity index (χ4n) is 3.88. The molecule has 0 heterocycles. The van der Waals surface area contributed by atoms with Crippen molar-refractivity contribution in [2.45, 2.75) is 84.5 Å². The van der Waals surface area contributed by atoms with Crippen molar-refractivity contribution < 1.29 is 9.90 Å². The quantitative estimate of drug-likeness (QED) is 0.441. The number of rotatable bonds is 12. The molecule has 2 aromatic carbocycles. The second-order valence-corrected chi connectivity index (χ2v) is 7.49. The van der Waals surface area contributed by atoms with Crippen LogP contribution in [0.1, 0.15) is 92.6 Å². The molecular weight excluding hydrogens is 334 g/mol. The van der Waals surface area contributed by atoms with Gasteiger partial charge in [0, 0.05) is 5.56 Å². The molecule has 0 aliphatic heterocycles. The van der Waals surface area contributed by atoms with Crippen molar-refractivity contribution in [2.24, 2.45) is 0 Å². The molecule has 2 rings (SSSR count). The van der Waals surface area contributed by atoms with Gasteiger partial charge < -0.3 is 16.1 Å². The zero-order chi connectivity index (χ0) is 18.8. The second kappa shape index (κ2) is 12.5. The Hall–Kier alpha value is -1.87. The molecule has 0 radical (unpaired) electrons. The first-order valence-electron chi connectivity index (χ1n) is 10.4. The van der Waals surface area contributed by atoms with E-state index in [1.54, 1.807) is 0 Å². The van der Waals surface area contributed by atoms with Crippen molar-refractivity contribution in [1.82, 2.24) is 6.15 Å². The lowest BCUT2D eigenvalue weighted by atomic mass is 9.91. The van der Waals surface area contributed by atoms with Crippen LogP contribution in [0.4, 0.5) is 0 Å². The minimum Gasteiger partial charge on any atom is -0.545 e. The topological polar surface area (TPSA) is 76.6 Å². The molecule has 3 nitrogen and oxygen atoms in total. The first-order valence-corrected chi connectivity index (χ1v) is 10.4. The molecule has 0 amide bonds. The molecule has 150 valence electrons. The molecule has 0 fully saturated rings. The van der Waals surface area contributed by atoms with Gasteiger partial charge in [-0.15, -0.1) is 0 Å². The van der Waals surface area contributed by atoms with E-state index < -0.39 is 5.97 Å². The molecule has 3 heteroatoms. The number of unbranched alkanes of at least 4 members (excludes halogenated alkanes) is 9. The Bertz CT molecular complexity index is 709. The lowest BCUT2D eigenvalue weighted by Gasteiger charge is -2.17. The summed E-state index contributed by atoms with van der Waals surface area (Å²) in [5, 5.41) is 13.5. The largest absolute Gasteiger partial charge is 0.545 e. The Morgan fingerprint density at radius 2 is 1.44 bits per heavy atom. The van der Waals surface area contributed by atoms with Crippen LogP contribution in [-0.2, 0) is 6.42 Å². The van der Waals surface area contributed by atoms with Gasteiger partial charge in [0.2, 0.25) is 0 Å². The highest BCUT2D eigenvalue weighted by molar-refractivity contribution is 6.04. The Labute approximate surface area is 164 Å². The van der Waals surface area contributed by atoms with Crippen LogP contribution < -0.4 is 11.3 Å². The molecular formula is C24H37NO2. The monoisotopic (exact) mass is 371 g/mol. The van der Waals surface area contributed by atoms with Crippen LogP contribution in [0, 0.1) is 6.92 Å². The van der Waals surface area contributed by atoms with Crippen LogP contribution in [0.2, 0.25) is 0 Å². The summed E-state index contributed by atoms with van der Waals surface area (Å²) in [4.78, 5) is 11.8. The van der Waals surface area contributed by atoms with Crippen molar-refractivity contribution in [1.29, 1.82) is 0 Å². The van der Waals surface area contributed by atoms with Gasteiger partial charge in [-0.3, -0.25) is 0 Å². The van der Waals surface area contributed by atoms with Crippen LogP contribution in [0.25, 0.3) is 10.8 Å². The number of benzene rings is 2. The van der Waals surface area contributed by atoms with Crippen molar-refractivity contribution in [3.05, 3.63) is 47.0 Å². The van der Waals surface area contributed by atoms with Crippen molar-refractivity contribution in [3.63, 3.8) is 0 Å². The maximum absolute atomic E-state index is 11.8. The van der Waals surface area contributed by atoms with Gasteiger partial charge in [0.25, 0.3) is 0 Å². The summed E-state index contributed by atoms with van der Waals surface area (Å²) in [6.07, 6.45) is 13.7. The summed E-state index contributed by atoms with van der Waals surface area (Å²) in [6.45, 7) is 4.27. The number of aromatic carboxylic acids is 1. The van der Waals surface area contributed by atoms with E-state index in [1.165, 1.54) is 57.8 Å². The third-order valence-electron chi connectivity index (χ3n) is 5.36. The maximum atomic E-state index is 11.8. The number of hydrogen-bond donors (Lipinski definition) is 1. The minimum atomic E-state index is -1.05. The van der Waals surface area contributed by atoms with Gasteiger partial charge in [0.1, 0.15) is 0 Å². The van der Waals surface area contributed by atoms with E-state index >= 15 is 0 Å². The molecule has 0 unspecified atom stereocenters. The average molecular weight is 372 g/mol. The van der Waals surface area contributed by atoms with Gasteiger partial charge in [-0.05, 0) is 41.7 Å². The predicted octanol–water partition coefficient (Wildman–Crippen LogP) is 6.35. The van der Waals surface area contributed by atoms with Crippen LogP contribution in [0.5, 0.6) is 0 Å². The van der Waals surface area contributed by atoms with Crippen molar-refractivity contribution in [2.75, 3.05) is 0 Å². The van der Waals surface area contributed by atoms with E-state index in [-0.39, 0.29) is 6.15 Å². The number of quaternary nitrogens is 1. The third kappa shape index (κ3) is 6.99. The van der Waals surface area contributed by atoms with Crippen molar-refractivity contribution in [3.8, 4) is 0 Å². The van der Waals surface area contributed by atoms with Crippen LogP contribution in [-0.4, -0.2) is 5.97 Å². The number of aryl methyl sites for hydroxylation is 1. The average Bonchev–Trinajstić information content (AvgIpc) is 2.63. The van der Waals surface area contributed by atoms with Gasteiger partial charge in [-0.2, -0.15) is 0 Å². The van der Waals surface area contributed by atoms with Gasteiger partial charge in [0.15, 0.2) is 0 Å². The smallest absolute Gasteiger partial charge is 0.0724 e. The number of fused-ring (bicyclic) bond motifs is 1. The first-order chi connectivity index (χ1) is 12.6. The number of carbonyl (C=O) groups is 1. The number of carboxylic acids is 1. The summed E-state index contributed by atoms with van der Waals surface area (Å²) >= 11 is 0. The van der Waals surface area contributed by atoms with E-state index in [0.29, 0.717) is 5.56 Å². The van der Waals surface area contributed by atoms with E-state index in [0.717, 1.165) is 34.7 Å². The summed E-state index contributed by atoms with van der Waals surface area (Å²) in [5.41, 5.74) is 2.43.